The first-order valence-electron chi connectivity index (χ1n) is 14.2. The van der Waals surface area contributed by atoms with Crippen molar-refractivity contribution in [1.29, 1.82) is 0 Å². The Morgan fingerprint density at radius 3 is 1.76 bits per heavy atom. The number of nitrogens with zero attached hydrogens (tertiary/aromatic N) is 4. The Morgan fingerprint density at radius 1 is 0.405 bits per heavy atom. The van der Waals surface area contributed by atoms with E-state index < -0.39 is 0 Å². The van der Waals surface area contributed by atoms with Gasteiger partial charge < -0.3 is 4.57 Å². The van der Waals surface area contributed by atoms with E-state index in [-0.39, 0.29) is 0 Å². The number of benzene rings is 6. The second-order valence-corrected chi connectivity index (χ2v) is 10.7. The van der Waals surface area contributed by atoms with Gasteiger partial charge in [0.25, 0.3) is 0 Å². The molecule has 0 saturated carbocycles. The zero-order chi connectivity index (χ0) is 27.6. The molecule has 4 heteroatoms. The van der Waals surface area contributed by atoms with Crippen molar-refractivity contribution in [3.8, 4) is 22.8 Å². The molecule has 9 aromatic rings. The molecule has 4 nitrogen and oxygen atoms in total. The van der Waals surface area contributed by atoms with Crippen LogP contribution in [0.3, 0.4) is 0 Å². The van der Waals surface area contributed by atoms with Gasteiger partial charge in [-0.3, -0.25) is 4.57 Å². The van der Waals surface area contributed by atoms with Crippen molar-refractivity contribution in [1.82, 2.24) is 19.1 Å². The molecule has 0 unspecified atom stereocenters. The monoisotopic (exact) mass is 536 g/mol. The zero-order valence-electron chi connectivity index (χ0n) is 22.6. The summed E-state index contributed by atoms with van der Waals surface area (Å²) in [6.45, 7) is 0. The molecule has 9 rings (SSSR count). The quantitative estimate of drug-likeness (QED) is 0.225. The number of rotatable bonds is 3. The van der Waals surface area contributed by atoms with Crippen molar-refractivity contribution in [2.24, 2.45) is 0 Å². The largest absolute Gasteiger partial charge is 0.309 e. The van der Waals surface area contributed by atoms with Crippen molar-refractivity contribution in [2.45, 2.75) is 0 Å². The first-order valence-corrected chi connectivity index (χ1v) is 14.2. The van der Waals surface area contributed by atoms with Crippen LogP contribution in [0, 0.1) is 0 Å². The Hall–Kier alpha value is -5.74. The van der Waals surface area contributed by atoms with Gasteiger partial charge in [0.2, 0.25) is 5.95 Å². The Balaban J connectivity index is 1.38. The van der Waals surface area contributed by atoms with Crippen LogP contribution < -0.4 is 0 Å². The molecule has 0 amide bonds. The molecule has 0 bridgehead atoms. The molecule has 0 fully saturated rings. The predicted octanol–water partition coefficient (Wildman–Crippen LogP) is 9.49. The minimum absolute atomic E-state index is 0.663. The van der Waals surface area contributed by atoms with Crippen LogP contribution in [0.2, 0.25) is 0 Å². The maximum atomic E-state index is 4.89. The smallest absolute Gasteiger partial charge is 0.234 e. The number of hydrogen-bond donors (Lipinski definition) is 0. The summed E-state index contributed by atoms with van der Waals surface area (Å²) in [5, 5.41) is 7.28. The molecule has 3 aromatic heterocycles. The third kappa shape index (κ3) is 3.29. The van der Waals surface area contributed by atoms with Crippen LogP contribution in [-0.4, -0.2) is 19.1 Å². The fourth-order valence-corrected chi connectivity index (χ4v) is 6.52. The number of aromatic nitrogens is 4. The minimum Gasteiger partial charge on any atom is -0.309 e. The van der Waals surface area contributed by atoms with Gasteiger partial charge in [0, 0.05) is 50.6 Å². The van der Waals surface area contributed by atoms with Gasteiger partial charge in [-0.25, -0.2) is 9.97 Å². The van der Waals surface area contributed by atoms with Crippen molar-refractivity contribution < 1.29 is 0 Å². The van der Waals surface area contributed by atoms with E-state index in [1.54, 1.807) is 0 Å². The predicted molar refractivity (Wildman–Crippen MR) is 174 cm³/mol. The third-order valence-electron chi connectivity index (χ3n) is 8.40. The first kappa shape index (κ1) is 23.0. The van der Waals surface area contributed by atoms with E-state index in [9.17, 15) is 0 Å². The van der Waals surface area contributed by atoms with E-state index in [4.69, 9.17) is 9.97 Å². The summed E-state index contributed by atoms with van der Waals surface area (Å²) in [6.07, 6.45) is 3.84. The van der Waals surface area contributed by atoms with Crippen LogP contribution in [0.15, 0.2) is 146 Å². The first-order chi connectivity index (χ1) is 20.8. The highest BCUT2D eigenvalue weighted by Crippen LogP contribution is 2.40. The van der Waals surface area contributed by atoms with Gasteiger partial charge in [-0.1, -0.05) is 97.1 Å². The topological polar surface area (TPSA) is 35.6 Å². The minimum atomic E-state index is 0.663. The molecule has 6 aromatic carbocycles. The fraction of sp³-hybridized carbons (Fsp3) is 0. The van der Waals surface area contributed by atoms with Crippen LogP contribution >= 0.6 is 0 Å². The van der Waals surface area contributed by atoms with Crippen molar-refractivity contribution in [2.75, 3.05) is 0 Å². The van der Waals surface area contributed by atoms with Crippen LogP contribution in [0.25, 0.3) is 77.1 Å². The maximum Gasteiger partial charge on any atom is 0.234 e. The van der Waals surface area contributed by atoms with E-state index in [2.05, 4.69) is 124 Å². The van der Waals surface area contributed by atoms with E-state index in [0.717, 1.165) is 27.8 Å². The van der Waals surface area contributed by atoms with Crippen molar-refractivity contribution >= 4 is 54.4 Å². The number of hydrogen-bond acceptors (Lipinski definition) is 2. The second-order valence-electron chi connectivity index (χ2n) is 10.7. The Labute approximate surface area is 241 Å². The average Bonchev–Trinajstić information content (AvgIpc) is 3.57. The summed E-state index contributed by atoms with van der Waals surface area (Å²) in [6, 6.07) is 47.3. The molecule has 0 radical (unpaired) electrons. The van der Waals surface area contributed by atoms with Gasteiger partial charge >= 0.3 is 0 Å². The SMILES string of the molecule is c1ccc(-c2cnc(-n3c4ccccc4c4cc5ccc6c7ccccc7n(-c7ccccc7)c6c5cc43)nc2)cc1. The summed E-state index contributed by atoms with van der Waals surface area (Å²) in [4.78, 5) is 9.77. The van der Waals surface area contributed by atoms with Gasteiger partial charge in [0.15, 0.2) is 0 Å². The molecule has 0 aliphatic heterocycles. The Kier molecular flexibility index (Phi) is 4.87. The molecule has 0 aliphatic rings. The lowest BCUT2D eigenvalue weighted by Crippen LogP contribution is -2.01. The Morgan fingerprint density at radius 2 is 1.02 bits per heavy atom. The summed E-state index contributed by atoms with van der Waals surface area (Å²) in [5.74, 6) is 0.663. The fourth-order valence-electron chi connectivity index (χ4n) is 6.52. The molecule has 0 atom stereocenters. The molecule has 0 aliphatic carbocycles. The van der Waals surface area contributed by atoms with Gasteiger partial charge in [-0.15, -0.1) is 0 Å². The maximum absolute atomic E-state index is 4.89. The van der Waals surface area contributed by atoms with E-state index in [1.807, 2.05) is 30.6 Å². The molecule has 0 N–H and O–H groups in total. The van der Waals surface area contributed by atoms with Crippen LogP contribution in [-0.2, 0) is 0 Å². The van der Waals surface area contributed by atoms with Crippen LogP contribution in [0.1, 0.15) is 0 Å². The highest BCUT2D eigenvalue weighted by Gasteiger charge is 2.19. The molecular formula is C38H24N4. The lowest BCUT2D eigenvalue weighted by atomic mass is 10.0. The normalized spacial score (nSPS) is 11.8. The second kappa shape index (κ2) is 8.88. The zero-order valence-corrected chi connectivity index (χ0v) is 22.6. The van der Waals surface area contributed by atoms with Gasteiger partial charge in [0.1, 0.15) is 0 Å². The number of para-hydroxylation sites is 3. The Bertz CT molecular complexity index is 2430. The van der Waals surface area contributed by atoms with E-state index >= 15 is 0 Å². The average molecular weight is 537 g/mol. The van der Waals surface area contributed by atoms with Crippen LogP contribution in [0.4, 0.5) is 0 Å². The van der Waals surface area contributed by atoms with Crippen molar-refractivity contribution in [3.63, 3.8) is 0 Å². The summed E-state index contributed by atoms with van der Waals surface area (Å²) in [5.41, 5.74) is 7.85. The molecule has 42 heavy (non-hydrogen) atoms. The lowest BCUT2D eigenvalue weighted by molar-refractivity contribution is 0.990. The molecule has 0 spiro atoms. The van der Waals surface area contributed by atoms with Crippen molar-refractivity contribution in [3.05, 3.63) is 146 Å². The van der Waals surface area contributed by atoms with Gasteiger partial charge in [0.05, 0.1) is 22.1 Å². The summed E-state index contributed by atoms with van der Waals surface area (Å²) >= 11 is 0. The third-order valence-corrected chi connectivity index (χ3v) is 8.40. The molecule has 0 saturated heterocycles. The molecule has 3 heterocycles. The van der Waals surface area contributed by atoms with E-state index in [0.29, 0.717) is 5.95 Å². The molecule has 196 valence electrons. The molecular weight excluding hydrogens is 512 g/mol. The summed E-state index contributed by atoms with van der Waals surface area (Å²) < 4.78 is 4.60. The highest BCUT2D eigenvalue weighted by atomic mass is 15.1. The van der Waals surface area contributed by atoms with E-state index in [1.165, 1.54) is 43.4 Å². The lowest BCUT2D eigenvalue weighted by Gasteiger charge is -2.11. The summed E-state index contributed by atoms with van der Waals surface area (Å²) in [7, 11) is 0. The van der Waals surface area contributed by atoms with Gasteiger partial charge in [-0.2, -0.15) is 0 Å². The van der Waals surface area contributed by atoms with Crippen LogP contribution in [0.5, 0.6) is 0 Å². The number of fused-ring (bicyclic) bond motifs is 8. The highest BCUT2D eigenvalue weighted by molar-refractivity contribution is 6.22. The van der Waals surface area contributed by atoms with Gasteiger partial charge in [-0.05, 0) is 47.3 Å². The standard InChI is InChI=1S/C38H24N4/c1-3-11-25(12-4-1)27-23-39-38(40-24-27)42-35-18-10-8-16-30(35)33-21-26-19-20-31-29-15-7-9-17-34(29)41(28-13-5-2-6-14-28)37(31)32(26)22-36(33)42/h1-24H.